The van der Waals surface area contributed by atoms with Gasteiger partial charge in [0.25, 0.3) is 0 Å². The zero-order valence-electron chi connectivity index (χ0n) is 13.7. The van der Waals surface area contributed by atoms with E-state index in [2.05, 4.69) is 10.6 Å². The Morgan fingerprint density at radius 3 is 2.36 bits per heavy atom. The molecule has 2 atom stereocenters. The molecule has 25 heavy (non-hydrogen) atoms. The van der Waals surface area contributed by atoms with Crippen LogP contribution in [0.25, 0.3) is 0 Å². The summed E-state index contributed by atoms with van der Waals surface area (Å²) in [5.74, 6) is -3.98. The lowest BCUT2D eigenvalue weighted by Gasteiger charge is -2.20. The van der Waals surface area contributed by atoms with Crippen molar-refractivity contribution in [1.82, 2.24) is 5.32 Å². The van der Waals surface area contributed by atoms with E-state index in [1.54, 1.807) is 31.2 Å². The van der Waals surface area contributed by atoms with Crippen LogP contribution in [0.4, 0.5) is 14.5 Å². The molecular formula is C18H18F2N2O3. The van der Waals surface area contributed by atoms with E-state index < -0.39 is 35.6 Å². The molecular weight excluding hydrogens is 330 g/mol. The van der Waals surface area contributed by atoms with Gasteiger partial charge in [-0.1, -0.05) is 24.3 Å². The highest BCUT2D eigenvalue weighted by Gasteiger charge is 2.23. The van der Waals surface area contributed by atoms with E-state index >= 15 is 0 Å². The molecule has 2 aromatic rings. The fourth-order valence-electron chi connectivity index (χ4n) is 2.23. The molecule has 2 unspecified atom stereocenters. The summed E-state index contributed by atoms with van der Waals surface area (Å²) in [5.41, 5.74) is 1.38. The van der Waals surface area contributed by atoms with Gasteiger partial charge in [-0.2, -0.15) is 0 Å². The number of hydrogen-bond acceptors (Lipinski definition) is 3. The highest BCUT2D eigenvalue weighted by atomic mass is 19.2. The molecule has 0 aromatic heterocycles. The predicted octanol–water partition coefficient (Wildman–Crippen LogP) is 2.45. The number of carbonyl (C=O) groups is 2. The van der Waals surface area contributed by atoms with E-state index in [0.29, 0.717) is 5.69 Å². The van der Waals surface area contributed by atoms with Crippen LogP contribution in [0.5, 0.6) is 0 Å². The van der Waals surface area contributed by atoms with Crippen LogP contribution < -0.4 is 10.6 Å². The summed E-state index contributed by atoms with van der Waals surface area (Å²) in [6, 6.07) is 8.99. The number of aliphatic hydroxyl groups is 1. The SMILES string of the molecule is Cc1ccccc1NC(=O)C(=O)NC(C)C(O)c1ccc(F)c(F)c1. The Morgan fingerprint density at radius 2 is 1.72 bits per heavy atom. The van der Waals surface area contributed by atoms with Gasteiger partial charge in [-0.25, -0.2) is 8.78 Å². The molecule has 2 aromatic carbocycles. The second-order valence-corrected chi connectivity index (χ2v) is 5.65. The van der Waals surface area contributed by atoms with E-state index in [-0.39, 0.29) is 5.56 Å². The maximum Gasteiger partial charge on any atom is 0.313 e. The number of aryl methyl sites for hydroxylation is 1. The van der Waals surface area contributed by atoms with Gasteiger partial charge >= 0.3 is 11.8 Å². The van der Waals surface area contributed by atoms with Crippen molar-refractivity contribution in [2.75, 3.05) is 5.32 Å². The minimum Gasteiger partial charge on any atom is -0.386 e. The third kappa shape index (κ3) is 4.60. The first-order valence-corrected chi connectivity index (χ1v) is 7.60. The summed E-state index contributed by atoms with van der Waals surface area (Å²) in [6.07, 6.45) is -1.30. The second-order valence-electron chi connectivity index (χ2n) is 5.65. The maximum absolute atomic E-state index is 13.2. The number of hydrogen-bond donors (Lipinski definition) is 3. The van der Waals surface area contributed by atoms with Gasteiger partial charge in [-0.3, -0.25) is 9.59 Å². The summed E-state index contributed by atoms with van der Waals surface area (Å²) in [4.78, 5) is 23.9. The molecule has 0 heterocycles. The van der Waals surface area contributed by atoms with Gasteiger partial charge in [-0.15, -0.1) is 0 Å². The molecule has 0 aliphatic carbocycles. The number of nitrogens with one attached hydrogen (secondary N) is 2. The topological polar surface area (TPSA) is 78.4 Å². The molecule has 0 aliphatic rings. The predicted molar refractivity (Wildman–Crippen MR) is 88.7 cm³/mol. The van der Waals surface area contributed by atoms with Crippen LogP contribution in [0.3, 0.4) is 0 Å². The molecule has 0 saturated carbocycles. The van der Waals surface area contributed by atoms with Crippen molar-refractivity contribution in [1.29, 1.82) is 0 Å². The molecule has 0 aliphatic heterocycles. The summed E-state index contributed by atoms with van der Waals surface area (Å²) in [6.45, 7) is 3.23. The van der Waals surface area contributed by atoms with Crippen LogP contribution in [0.1, 0.15) is 24.2 Å². The highest BCUT2D eigenvalue weighted by molar-refractivity contribution is 6.39. The van der Waals surface area contributed by atoms with E-state index in [0.717, 1.165) is 17.7 Å². The second kappa shape index (κ2) is 7.85. The van der Waals surface area contributed by atoms with Gasteiger partial charge < -0.3 is 15.7 Å². The molecule has 7 heteroatoms. The van der Waals surface area contributed by atoms with Crippen molar-refractivity contribution < 1.29 is 23.5 Å². The summed E-state index contributed by atoms with van der Waals surface area (Å²) in [7, 11) is 0. The summed E-state index contributed by atoms with van der Waals surface area (Å²) < 4.78 is 26.2. The Hall–Kier alpha value is -2.80. The third-order valence-corrected chi connectivity index (χ3v) is 3.72. The zero-order valence-corrected chi connectivity index (χ0v) is 13.7. The van der Waals surface area contributed by atoms with Gasteiger partial charge in [0.2, 0.25) is 0 Å². The molecule has 2 amide bonds. The quantitative estimate of drug-likeness (QED) is 0.743. The Labute approximate surface area is 143 Å². The monoisotopic (exact) mass is 348 g/mol. The molecule has 3 N–H and O–H groups in total. The molecule has 2 rings (SSSR count). The highest BCUT2D eigenvalue weighted by Crippen LogP contribution is 2.19. The molecule has 0 saturated heterocycles. The lowest BCUT2D eigenvalue weighted by molar-refractivity contribution is -0.137. The van der Waals surface area contributed by atoms with Crippen LogP contribution >= 0.6 is 0 Å². The van der Waals surface area contributed by atoms with Crippen molar-refractivity contribution in [3.05, 3.63) is 65.2 Å². The Kier molecular flexibility index (Phi) is 5.82. The molecule has 132 valence electrons. The maximum atomic E-state index is 13.2. The van der Waals surface area contributed by atoms with Crippen molar-refractivity contribution in [2.24, 2.45) is 0 Å². The van der Waals surface area contributed by atoms with Crippen molar-refractivity contribution in [3.8, 4) is 0 Å². The van der Waals surface area contributed by atoms with E-state index in [1.807, 2.05) is 0 Å². The first kappa shape index (κ1) is 18.5. The standard InChI is InChI=1S/C18H18F2N2O3/c1-10-5-3-4-6-15(10)22-18(25)17(24)21-11(2)16(23)12-7-8-13(19)14(20)9-12/h3-9,11,16,23H,1-2H3,(H,21,24)(H,22,25). The molecule has 0 radical (unpaired) electrons. The molecule has 0 spiro atoms. The normalized spacial score (nSPS) is 13.0. The Balaban J connectivity index is 2.00. The number of carbonyl (C=O) groups excluding carboxylic acids is 2. The van der Waals surface area contributed by atoms with Gasteiger partial charge in [0, 0.05) is 5.69 Å². The number of para-hydroxylation sites is 1. The largest absolute Gasteiger partial charge is 0.386 e. The van der Waals surface area contributed by atoms with E-state index in [1.165, 1.54) is 13.0 Å². The first-order valence-electron chi connectivity index (χ1n) is 7.60. The average molecular weight is 348 g/mol. The van der Waals surface area contributed by atoms with Gasteiger partial charge in [0.15, 0.2) is 11.6 Å². The van der Waals surface area contributed by atoms with E-state index in [9.17, 15) is 23.5 Å². The van der Waals surface area contributed by atoms with Crippen molar-refractivity contribution in [2.45, 2.75) is 26.0 Å². The van der Waals surface area contributed by atoms with Crippen LogP contribution in [0, 0.1) is 18.6 Å². The lowest BCUT2D eigenvalue weighted by atomic mass is 10.0. The number of anilines is 1. The fraction of sp³-hybridized carbons (Fsp3) is 0.222. The minimum atomic E-state index is -1.30. The third-order valence-electron chi connectivity index (χ3n) is 3.72. The Bertz CT molecular complexity index is 796. The number of amides is 2. The van der Waals surface area contributed by atoms with E-state index in [4.69, 9.17) is 0 Å². The number of rotatable bonds is 4. The smallest absolute Gasteiger partial charge is 0.313 e. The minimum absolute atomic E-state index is 0.0889. The van der Waals surface area contributed by atoms with Crippen molar-refractivity contribution >= 4 is 17.5 Å². The summed E-state index contributed by atoms with van der Waals surface area (Å²) >= 11 is 0. The van der Waals surface area contributed by atoms with Crippen LogP contribution in [-0.2, 0) is 9.59 Å². The number of benzene rings is 2. The van der Waals surface area contributed by atoms with Crippen molar-refractivity contribution in [3.63, 3.8) is 0 Å². The van der Waals surface area contributed by atoms with Gasteiger partial charge in [-0.05, 0) is 43.2 Å². The molecule has 5 nitrogen and oxygen atoms in total. The molecule has 0 fully saturated rings. The summed E-state index contributed by atoms with van der Waals surface area (Å²) in [5, 5.41) is 14.9. The van der Waals surface area contributed by atoms with Crippen LogP contribution in [0.15, 0.2) is 42.5 Å². The van der Waals surface area contributed by atoms with Crippen LogP contribution in [0.2, 0.25) is 0 Å². The fourth-order valence-corrected chi connectivity index (χ4v) is 2.23. The molecule has 0 bridgehead atoms. The first-order chi connectivity index (χ1) is 11.8. The number of aliphatic hydroxyl groups excluding tert-OH is 1. The van der Waals surface area contributed by atoms with Crippen LogP contribution in [-0.4, -0.2) is 23.0 Å². The van der Waals surface area contributed by atoms with Gasteiger partial charge in [0.1, 0.15) is 0 Å². The average Bonchev–Trinajstić information content (AvgIpc) is 2.58. The number of halogens is 2. The Morgan fingerprint density at radius 1 is 1.04 bits per heavy atom. The lowest BCUT2D eigenvalue weighted by Crippen LogP contribution is -2.43. The van der Waals surface area contributed by atoms with Gasteiger partial charge in [0.05, 0.1) is 12.1 Å². The zero-order chi connectivity index (χ0) is 18.6.